The SMILES string of the molecule is CCC(=O)[C@H]1CC[C@H](Cc2ccc(-c3cnc(N4C5CCC4CN(C(C)C)C5)nc3)cc2)CC1. The number of anilines is 1. The molecule has 3 fully saturated rings. The second kappa shape index (κ2) is 10.2. The average Bonchev–Trinajstić information content (AvgIpc) is 3.13. The van der Waals surface area contributed by atoms with Gasteiger partial charge in [-0.25, -0.2) is 9.97 Å². The van der Waals surface area contributed by atoms with Crippen molar-refractivity contribution >= 4 is 11.7 Å². The van der Waals surface area contributed by atoms with Gasteiger partial charge in [-0.3, -0.25) is 9.69 Å². The van der Waals surface area contributed by atoms with E-state index < -0.39 is 0 Å². The zero-order valence-electron chi connectivity index (χ0n) is 21.1. The van der Waals surface area contributed by atoms with Crippen LogP contribution in [0.5, 0.6) is 0 Å². The average molecular weight is 461 g/mol. The first-order valence-corrected chi connectivity index (χ1v) is 13.5. The summed E-state index contributed by atoms with van der Waals surface area (Å²) >= 11 is 0. The fourth-order valence-corrected chi connectivity index (χ4v) is 6.43. The van der Waals surface area contributed by atoms with Gasteiger partial charge in [-0.05, 0) is 75.8 Å². The van der Waals surface area contributed by atoms with Crippen molar-refractivity contribution in [3.8, 4) is 11.1 Å². The highest BCUT2D eigenvalue weighted by molar-refractivity contribution is 5.80. The minimum absolute atomic E-state index is 0.320. The molecular formula is C29H40N4O. The van der Waals surface area contributed by atoms with Crippen molar-refractivity contribution in [3.05, 3.63) is 42.2 Å². The lowest BCUT2D eigenvalue weighted by Gasteiger charge is -2.42. The van der Waals surface area contributed by atoms with Crippen LogP contribution in [-0.4, -0.2) is 51.9 Å². The van der Waals surface area contributed by atoms with Gasteiger partial charge in [-0.1, -0.05) is 31.2 Å². The molecule has 3 heterocycles. The molecule has 1 aromatic carbocycles. The fraction of sp³-hybridized carbons (Fsp3) is 0.621. The predicted octanol–water partition coefficient (Wildman–Crippen LogP) is 5.53. The van der Waals surface area contributed by atoms with Crippen molar-refractivity contribution < 1.29 is 4.79 Å². The molecule has 182 valence electrons. The van der Waals surface area contributed by atoms with Gasteiger partial charge >= 0.3 is 0 Å². The van der Waals surface area contributed by atoms with Crippen molar-refractivity contribution in [2.45, 2.75) is 90.3 Å². The van der Waals surface area contributed by atoms with Gasteiger partial charge < -0.3 is 4.90 Å². The van der Waals surface area contributed by atoms with Gasteiger partial charge in [0.25, 0.3) is 0 Å². The Morgan fingerprint density at radius 3 is 2.09 bits per heavy atom. The van der Waals surface area contributed by atoms with E-state index in [0.717, 1.165) is 43.9 Å². The maximum atomic E-state index is 12.0. The molecule has 3 aliphatic rings. The van der Waals surface area contributed by atoms with Crippen molar-refractivity contribution in [3.63, 3.8) is 0 Å². The van der Waals surface area contributed by atoms with E-state index in [-0.39, 0.29) is 0 Å². The standard InChI is InChI=1S/C29H40N4O/c1-4-28(34)24-11-7-22(8-12-24)15-21-5-9-23(10-6-21)25-16-30-29(31-17-25)33-26-13-14-27(33)19-32(18-26)20(2)3/h5-6,9-10,16-17,20,22,24,26-27H,4,7-8,11-15,18-19H2,1-3H3/t22-,24-,26?,27?. The number of fused-ring (bicyclic) bond motifs is 2. The first kappa shape index (κ1) is 23.5. The Morgan fingerprint density at radius 2 is 1.53 bits per heavy atom. The summed E-state index contributed by atoms with van der Waals surface area (Å²) in [5, 5.41) is 0. The molecule has 2 atom stereocenters. The lowest BCUT2D eigenvalue weighted by molar-refractivity contribution is -0.123. The molecule has 1 aromatic heterocycles. The minimum atomic E-state index is 0.320. The molecule has 0 spiro atoms. The van der Waals surface area contributed by atoms with Crippen LogP contribution < -0.4 is 4.90 Å². The summed E-state index contributed by atoms with van der Waals surface area (Å²) in [5.41, 5.74) is 3.66. The Bertz CT molecular complexity index is 949. The van der Waals surface area contributed by atoms with Crippen LogP contribution in [0, 0.1) is 11.8 Å². The largest absolute Gasteiger partial charge is 0.332 e. The van der Waals surface area contributed by atoms with Crippen LogP contribution in [-0.2, 0) is 11.2 Å². The number of Topliss-reactive ketones (excluding diaryl/α,β-unsaturated/α-hetero) is 1. The third-order valence-electron chi connectivity index (χ3n) is 8.57. The van der Waals surface area contributed by atoms with E-state index in [0.29, 0.717) is 42.2 Å². The van der Waals surface area contributed by atoms with E-state index in [4.69, 9.17) is 9.97 Å². The van der Waals surface area contributed by atoms with Crippen LogP contribution in [0.4, 0.5) is 5.95 Å². The Hall–Kier alpha value is -2.27. The summed E-state index contributed by atoms with van der Waals surface area (Å²) in [4.78, 5) is 26.7. The molecule has 34 heavy (non-hydrogen) atoms. The van der Waals surface area contributed by atoms with Crippen LogP contribution in [0.3, 0.4) is 0 Å². The van der Waals surface area contributed by atoms with Gasteiger partial charge in [0.1, 0.15) is 5.78 Å². The first-order chi connectivity index (χ1) is 16.5. The number of ketones is 1. The molecule has 2 unspecified atom stereocenters. The number of hydrogen-bond donors (Lipinski definition) is 0. The predicted molar refractivity (Wildman–Crippen MR) is 138 cm³/mol. The Balaban J connectivity index is 1.18. The van der Waals surface area contributed by atoms with Crippen molar-refractivity contribution in [1.82, 2.24) is 14.9 Å². The number of likely N-dealkylation sites (tertiary alicyclic amines) is 1. The number of hydrogen-bond acceptors (Lipinski definition) is 5. The molecule has 2 saturated heterocycles. The molecule has 0 radical (unpaired) electrons. The number of nitrogens with zero attached hydrogens (tertiary/aromatic N) is 4. The third kappa shape index (κ3) is 4.91. The quantitative estimate of drug-likeness (QED) is 0.543. The van der Waals surface area contributed by atoms with E-state index in [2.05, 4.69) is 47.9 Å². The van der Waals surface area contributed by atoms with E-state index in [9.17, 15) is 4.79 Å². The van der Waals surface area contributed by atoms with E-state index in [1.807, 2.05) is 19.3 Å². The molecule has 1 aliphatic carbocycles. The normalized spacial score (nSPS) is 27.4. The number of carbonyl (C=O) groups is 1. The fourth-order valence-electron chi connectivity index (χ4n) is 6.43. The Labute approximate surface area is 205 Å². The van der Waals surface area contributed by atoms with Gasteiger partial charge in [0.15, 0.2) is 0 Å². The number of carbonyl (C=O) groups excluding carboxylic acids is 1. The molecule has 2 aliphatic heterocycles. The summed E-state index contributed by atoms with van der Waals surface area (Å²) < 4.78 is 0. The molecule has 0 amide bonds. The number of benzene rings is 1. The van der Waals surface area contributed by atoms with Crippen LogP contribution in [0.2, 0.25) is 0 Å². The maximum Gasteiger partial charge on any atom is 0.225 e. The van der Waals surface area contributed by atoms with Crippen LogP contribution >= 0.6 is 0 Å². The molecule has 5 heteroatoms. The third-order valence-corrected chi connectivity index (χ3v) is 8.57. The number of rotatable bonds is 7. The second-order valence-electron chi connectivity index (χ2n) is 11.1. The van der Waals surface area contributed by atoms with Crippen LogP contribution in [0.25, 0.3) is 11.1 Å². The summed E-state index contributed by atoms with van der Waals surface area (Å²) in [6.07, 6.45) is 12.8. The van der Waals surface area contributed by atoms with Crippen molar-refractivity contribution in [1.29, 1.82) is 0 Å². The maximum absolute atomic E-state index is 12.0. The zero-order chi connectivity index (χ0) is 23.7. The van der Waals surface area contributed by atoms with E-state index in [1.54, 1.807) is 0 Å². The van der Waals surface area contributed by atoms with E-state index >= 15 is 0 Å². The monoisotopic (exact) mass is 460 g/mol. The highest BCUT2D eigenvalue weighted by atomic mass is 16.1. The Morgan fingerprint density at radius 1 is 0.912 bits per heavy atom. The van der Waals surface area contributed by atoms with Gasteiger partial charge in [0.05, 0.1) is 0 Å². The number of piperazine rings is 1. The van der Waals surface area contributed by atoms with Crippen molar-refractivity contribution in [2.24, 2.45) is 11.8 Å². The molecule has 1 saturated carbocycles. The van der Waals surface area contributed by atoms with Gasteiger partial charge in [-0.15, -0.1) is 0 Å². The second-order valence-corrected chi connectivity index (χ2v) is 11.1. The van der Waals surface area contributed by atoms with Crippen molar-refractivity contribution in [2.75, 3.05) is 18.0 Å². The smallest absolute Gasteiger partial charge is 0.225 e. The summed E-state index contributed by atoms with van der Waals surface area (Å²) in [6, 6.07) is 10.6. The summed E-state index contributed by atoms with van der Waals surface area (Å²) in [6.45, 7) is 8.83. The lowest BCUT2D eigenvalue weighted by Crippen LogP contribution is -2.56. The Kier molecular flexibility index (Phi) is 7.01. The first-order valence-electron chi connectivity index (χ1n) is 13.5. The van der Waals surface area contributed by atoms with Gasteiger partial charge in [0.2, 0.25) is 5.95 Å². The van der Waals surface area contributed by atoms with E-state index in [1.165, 1.54) is 36.8 Å². The molecule has 0 N–H and O–H groups in total. The molecule has 5 nitrogen and oxygen atoms in total. The van der Waals surface area contributed by atoms with Gasteiger partial charge in [-0.2, -0.15) is 0 Å². The summed E-state index contributed by atoms with van der Waals surface area (Å²) in [5.74, 6) is 2.39. The molecule has 2 bridgehead atoms. The molecule has 5 rings (SSSR count). The molecular weight excluding hydrogens is 420 g/mol. The summed E-state index contributed by atoms with van der Waals surface area (Å²) in [7, 11) is 0. The van der Waals surface area contributed by atoms with Gasteiger partial charge in [0, 0.05) is 61.5 Å². The number of aromatic nitrogens is 2. The highest BCUT2D eigenvalue weighted by Crippen LogP contribution is 2.35. The lowest BCUT2D eigenvalue weighted by atomic mass is 9.77. The zero-order valence-corrected chi connectivity index (χ0v) is 21.1. The molecule has 2 aromatic rings. The minimum Gasteiger partial charge on any atom is -0.332 e. The van der Waals surface area contributed by atoms with Crippen LogP contribution in [0.15, 0.2) is 36.7 Å². The topological polar surface area (TPSA) is 49.3 Å². The van der Waals surface area contributed by atoms with Crippen LogP contribution in [0.1, 0.15) is 71.3 Å². The highest BCUT2D eigenvalue weighted by Gasteiger charge is 2.41.